The molecule has 0 aliphatic carbocycles. The van der Waals surface area contributed by atoms with E-state index in [1.165, 1.54) is 4.57 Å². The Morgan fingerprint density at radius 1 is 1.00 bits per heavy atom. The molecule has 39 heavy (non-hydrogen) atoms. The summed E-state index contributed by atoms with van der Waals surface area (Å²) in [6.45, 7) is 8.25. The van der Waals surface area contributed by atoms with Gasteiger partial charge < -0.3 is 14.4 Å². The number of halogens is 3. The first-order valence-corrected chi connectivity index (χ1v) is 13.3. The van der Waals surface area contributed by atoms with Gasteiger partial charge in [0, 0.05) is 51.4 Å². The van der Waals surface area contributed by atoms with Gasteiger partial charge >= 0.3 is 11.9 Å². The minimum absolute atomic E-state index is 0.0207. The molecule has 0 saturated carbocycles. The molecule has 11 heteroatoms. The Bertz CT molecular complexity index is 1330. The number of nitrogens with zero attached hydrogens (tertiary/aromatic N) is 5. The Morgan fingerprint density at radius 3 is 2.31 bits per heavy atom. The van der Waals surface area contributed by atoms with E-state index in [2.05, 4.69) is 28.6 Å². The van der Waals surface area contributed by atoms with E-state index in [9.17, 15) is 18.0 Å². The van der Waals surface area contributed by atoms with Gasteiger partial charge in [0.2, 0.25) is 5.88 Å². The first-order valence-electron chi connectivity index (χ1n) is 13.3. The van der Waals surface area contributed by atoms with E-state index in [1.807, 2.05) is 13.0 Å². The summed E-state index contributed by atoms with van der Waals surface area (Å²) in [5.74, 6) is 0.952. The maximum Gasteiger partial charge on any atom is 0.416 e. The number of benzene rings is 1. The number of rotatable bonds is 9. The summed E-state index contributed by atoms with van der Waals surface area (Å²) in [5.41, 5.74) is 1.07. The maximum absolute atomic E-state index is 13.1. The molecule has 1 aliphatic rings. The van der Waals surface area contributed by atoms with Gasteiger partial charge in [0.25, 0.3) is 0 Å². The number of alkyl halides is 3. The summed E-state index contributed by atoms with van der Waals surface area (Å²) in [6, 6.07) is 9.01. The lowest BCUT2D eigenvalue weighted by Crippen LogP contribution is -2.59. The highest BCUT2D eigenvalue weighted by Crippen LogP contribution is 2.35. The Kier molecular flexibility index (Phi) is 8.80. The zero-order valence-corrected chi connectivity index (χ0v) is 23.0. The molecule has 0 radical (unpaired) electrons. The molecule has 3 atom stereocenters. The fraction of sp³-hybridized carbons (Fsp3) is 0.536. The van der Waals surface area contributed by atoms with Crippen LogP contribution in [0.5, 0.6) is 5.88 Å². The topological polar surface area (TPSA) is 72.7 Å². The number of hydrogen-bond acceptors (Lipinski definition) is 7. The number of piperazine rings is 1. The van der Waals surface area contributed by atoms with E-state index < -0.39 is 11.7 Å². The zero-order chi connectivity index (χ0) is 28.3. The van der Waals surface area contributed by atoms with E-state index in [4.69, 9.17) is 14.5 Å². The Balaban J connectivity index is 1.67. The van der Waals surface area contributed by atoms with Crippen LogP contribution in [0, 0.1) is 0 Å². The van der Waals surface area contributed by atoms with Gasteiger partial charge in [-0.25, -0.2) is 9.78 Å². The van der Waals surface area contributed by atoms with Crippen molar-refractivity contribution < 1.29 is 22.6 Å². The third kappa shape index (κ3) is 6.04. The van der Waals surface area contributed by atoms with Crippen molar-refractivity contribution in [3.8, 4) is 5.88 Å². The Hall–Kier alpha value is -3.18. The minimum Gasteiger partial charge on any atom is -0.475 e. The maximum atomic E-state index is 13.1. The van der Waals surface area contributed by atoms with Crippen molar-refractivity contribution in [3.63, 3.8) is 0 Å². The first-order chi connectivity index (χ1) is 18.6. The summed E-state index contributed by atoms with van der Waals surface area (Å²) < 4.78 is 51.6. The van der Waals surface area contributed by atoms with Gasteiger partial charge in [0.05, 0.1) is 17.7 Å². The van der Waals surface area contributed by atoms with Crippen molar-refractivity contribution in [3.05, 3.63) is 58.0 Å². The Labute approximate surface area is 226 Å². The SMILES string of the molecule is CC[C@H]1CN(C(C)c2ccc(C(F)(F)F)cc2)[C@H](CC)CN1c1nc(=O)n(C)c2ccc(OCCOC)nc12. The van der Waals surface area contributed by atoms with Crippen LogP contribution in [-0.2, 0) is 18.0 Å². The number of anilines is 1. The summed E-state index contributed by atoms with van der Waals surface area (Å²) >= 11 is 0. The number of fused-ring (bicyclic) bond motifs is 1. The molecular formula is C28H36F3N5O3. The molecule has 1 fully saturated rings. The first kappa shape index (κ1) is 28.8. The molecular weight excluding hydrogens is 511 g/mol. The highest BCUT2D eigenvalue weighted by atomic mass is 19.4. The van der Waals surface area contributed by atoms with Gasteiger partial charge in [-0.3, -0.25) is 9.47 Å². The highest BCUT2D eigenvalue weighted by molar-refractivity contribution is 5.86. The second-order valence-electron chi connectivity index (χ2n) is 9.90. The van der Waals surface area contributed by atoms with E-state index in [0.29, 0.717) is 49.0 Å². The van der Waals surface area contributed by atoms with Crippen molar-refractivity contribution in [2.24, 2.45) is 7.05 Å². The monoisotopic (exact) mass is 547 g/mol. The Morgan fingerprint density at radius 2 is 1.69 bits per heavy atom. The normalized spacial score (nSPS) is 19.4. The second kappa shape index (κ2) is 11.9. The van der Waals surface area contributed by atoms with Crippen LogP contribution >= 0.6 is 0 Å². The lowest BCUT2D eigenvalue weighted by Gasteiger charge is -2.49. The van der Waals surface area contributed by atoms with Crippen LogP contribution in [-0.4, -0.2) is 64.9 Å². The van der Waals surface area contributed by atoms with E-state index in [-0.39, 0.29) is 23.8 Å². The lowest BCUT2D eigenvalue weighted by atomic mass is 9.96. The van der Waals surface area contributed by atoms with Gasteiger partial charge in [-0.2, -0.15) is 18.2 Å². The number of aryl methyl sites for hydroxylation is 1. The third-order valence-corrected chi connectivity index (χ3v) is 7.62. The summed E-state index contributed by atoms with van der Waals surface area (Å²) in [5, 5.41) is 0. The van der Waals surface area contributed by atoms with Crippen molar-refractivity contribution in [2.75, 3.05) is 38.3 Å². The van der Waals surface area contributed by atoms with Gasteiger partial charge in [0.1, 0.15) is 12.1 Å². The second-order valence-corrected chi connectivity index (χ2v) is 9.90. The summed E-state index contributed by atoms with van der Waals surface area (Å²) in [7, 11) is 3.27. The molecule has 1 aliphatic heterocycles. The van der Waals surface area contributed by atoms with Gasteiger partial charge in [-0.15, -0.1) is 0 Å². The molecule has 4 rings (SSSR count). The number of methoxy groups -OCH3 is 1. The smallest absolute Gasteiger partial charge is 0.416 e. The molecule has 0 amide bonds. The van der Waals surface area contributed by atoms with Gasteiger partial charge in [-0.05, 0) is 43.5 Å². The molecule has 1 saturated heterocycles. The van der Waals surface area contributed by atoms with E-state index in [0.717, 1.165) is 30.5 Å². The molecule has 3 heterocycles. The van der Waals surface area contributed by atoms with E-state index >= 15 is 0 Å². The fourth-order valence-electron chi connectivity index (χ4n) is 5.26. The van der Waals surface area contributed by atoms with Crippen molar-refractivity contribution in [1.82, 2.24) is 19.4 Å². The molecule has 2 aromatic heterocycles. The van der Waals surface area contributed by atoms with Crippen LogP contribution in [0.4, 0.5) is 19.0 Å². The quantitative estimate of drug-likeness (QED) is 0.356. The van der Waals surface area contributed by atoms with Gasteiger partial charge in [0.15, 0.2) is 5.82 Å². The van der Waals surface area contributed by atoms with Gasteiger partial charge in [-0.1, -0.05) is 26.0 Å². The van der Waals surface area contributed by atoms with Crippen LogP contribution in [0.1, 0.15) is 50.8 Å². The van der Waals surface area contributed by atoms with Crippen LogP contribution in [0.3, 0.4) is 0 Å². The fourth-order valence-corrected chi connectivity index (χ4v) is 5.26. The largest absolute Gasteiger partial charge is 0.475 e. The van der Waals surface area contributed by atoms with E-state index in [1.54, 1.807) is 32.4 Å². The molecule has 212 valence electrons. The van der Waals surface area contributed by atoms with Crippen LogP contribution < -0.4 is 15.3 Å². The molecule has 3 aromatic rings. The summed E-state index contributed by atoms with van der Waals surface area (Å²) in [6.07, 6.45) is -2.76. The predicted octanol–water partition coefficient (Wildman–Crippen LogP) is 4.81. The van der Waals surface area contributed by atoms with Crippen LogP contribution in [0.25, 0.3) is 11.0 Å². The van der Waals surface area contributed by atoms with Crippen LogP contribution in [0.2, 0.25) is 0 Å². The van der Waals surface area contributed by atoms with Crippen LogP contribution in [0.15, 0.2) is 41.2 Å². The molecule has 0 bridgehead atoms. The average Bonchev–Trinajstić information content (AvgIpc) is 2.93. The predicted molar refractivity (Wildman–Crippen MR) is 144 cm³/mol. The highest BCUT2D eigenvalue weighted by Gasteiger charge is 2.37. The molecule has 0 spiro atoms. The molecule has 1 aromatic carbocycles. The number of aromatic nitrogens is 3. The third-order valence-electron chi connectivity index (χ3n) is 7.62. The molecule has 1 unspecified atom stereocenters. The number of pyridine rings is 1. The minimum atomic E-state index is -4.36. The molecule has 8 nitrogen and oxygen atoms in total. The van der Waals surface area contributed by atoms with Crippen molar-refractivity contribution >= 4 is 16.9 Å². The molecule has 0 N–H and O–H groups in total. The standard InChI is InChI=1S/C28H36F3N5O3/c1-6-21-17-36(22(7-2)16-35(21)18(3)19-8-10-20(11-9-19)28(29,30)31)26-25-23(34(4)27(37)33-26)12-13-24(32-25)39-15-14-38-5/h8-13,18,21-22H,6-7,14-17H2,1-5H3/t18?,21-,22+/m1/s1. The average molecular weight is 548 g/mol. The zero-order valence-electron chi connectivity index (χ0n) is 23.0. The number of hydrogen-bond donors (Lipinski definition) is 0. The lowest BCUT2D eigenvalue weighted by molar-refractivity contribution is -0.137. The number of ether oxygens (including phenoxy) is 2. The van der Waals surface area contributed by atoms with Crippen molar-refractivity contribution in [1.29, 1.82) is 0 Å². The van der Waals surface area contributed by atoms with Crippen molar-refractivity contribution in [2.45, 2.75) is 57.9 Å². The summed E-state index contributed by atoms with van der Waals surface area (Å²) in [4.78, 5) is 26.6.